The van der Waals surface area contributed by atoms with Crippen molar-refractivity contribution in [1.82, 2.24) is 0 Å². The van der Waals surface area contributed by atoms with E-state index in [4.69, 9.17) is 9.47 Å². The Balaban J connectivity index is 0.000000989. The molecule has 0 bridgehead atoms. The molecule has 0 aliphatic heterocycles. The van der Waals surface area contributed by atoms with E-state index in [-0.39, 0.29) is 54.6 Å². The zero-order chi connectivity index (χ0) is 30.5. The summed E-state index contributed by atoms with van der Waals surface area (Å²) in [5.41, 5.74) is 0. The Kier molecular flexibility index (Phi) is 23.2. The molecule has 0 aliphatic carbocycles. The fraction of sp³-hybridized carbons (Fsp3) is 0.562. The summed E-state index contributed by atoms with van der Waals surface area (Å²) in [5.74, 6) is -1.74. The fourth-order valence-electron chi connectivity index (χ4n) is 3.93. The van der Waals surface area contributed by atoms with E-state index in [2.05, 4.69) is 62.4 Å². The Labute approximate surface area is 280 Å². The number of rotatable bonds is 18. The number of esters is 2. The van der Waals surface area contributed by atoms with Crippen molar-refractivity contribution in [3.8, 4) is 0 Å². The van der Waals surface area contributed by atoms with Crippen LogP contribution >= 0.6 is 11.8 Å². The maximum Gasteiger partial charge on any atom is 1.00 e. The van der Waals surface area contributed by atoms with E-state index in [1.807, 2.05) is 26.0 Å². The molecule has 0 amide bonds. The van der Waals surface area contributed by atoms with Crippen molar-refractivity contribution >= 4 is 33.8 Å². The predicted octanol–water partition coefficient (Wildman–Crippen LogP) is 4.65. The molecule has 0 saturated heterocycles. The molecule has 0 aliphatic rings. The number of benzene rings is 2. The number of hydrogen-bond acceptors (Lipinski definition) is 8. The van der Waals surface area contributed by atoms with Crippen LogP contribution in [-0.2, 0) is 29.2 Å². The van der Waals surface area contributed by atoms with Gasteiger partial charge < -0.3 is 14.0 Å². The Hall–Kier alpha value is -1.36. The normalized spacial score (nSPS) is 13.0. The van der Waals surface area contributed by atoms with Crippen LogP contribution in [0, 0.1) is 11.8 Å². The van der Waals surface area contributed by atoms with Gasteiger partial charge in [-0.25, -0.2) is 8.42 Å². The summed E-state index contributed by atoms with van der Waals surface area (Å²) in [5, 5.41) is -2.06. The summed E-state index contributed by atoms with van der Waals surface area (Å²) in [6.07, 6.45) is 6.58. The molecule has 0 aromatic heterocycles. The van der Waals surface area contributed by atoms with Gasteiger partial charge in [-0.15, -0.1) is 0 Å². The number of carbonyl (C=O) groups excluding carboxylic acids is 2. The van der Waals surface area contributed by atoms with Gasteiger partial charge in [-0.2, -0.15) is 0 Å². The van der Waals surface area contributed by atoms with E-state index in [0.29, 0.717) is 0 Å². The summed E-state index contributed by atoms with van der Waals surface area (Å²) < 4.78 is 44.6. The van der Waals surface area contributed by atoms with E-state index in [0.717, 1.165) is 51.4 Å². The summed E-state index contributed by atoms with van der Waals surface area (Å²) in [6.45, 7) is 8.26. The number of ether oxygens (including phenoxy) is 2. The van der Waals surface area contributed by atoms with Crippen LogP contribution in [0.15, 0.2) is 70.5 Å². The zero-order valence-corrected chi connectivity index (χ0v) is 29.6. The molecule has 42 heavy (non-hydrogen) atoms. The predicted molar refractivity (Wildman–Crippen MR) is 164 cm³/mol. The molecule has 230 valence electrons. The Morgan fingerprint density at radius 1 is 0.762 bits per heavy atom. The van der Waals surface area contributed by atoms with Gasteiger partial charge >= 0.3 is 41.5 Å². The Morgan fingerprint density at radius 2 is 1.19 bits per heavy atom. The van der Waals surface area contributed by atoms with Crippen molar-refractivity contribution in [2.75, 3.05) is 13.2 Å². The van der Waals surface area contributed by atoms with Crippen molar-refractivity contribution in [3.63, 3.8) is 0 Å². The molecule has 0 radical (unpaired) electrons. The third kappa shape index (κ3) is 18.3. The van der Waals surface area contributed by atoms with Gasteiger partial charge in [0.2, 0.25) is 0 Å². The number of hydrogen-bond donors (Lipinski definition) is 0. The van der Waals surface area contributed by atoms with Crippen molar-refractivity contribution in [2.45, 2.75) is 101 Å². The van der Waals surface area contributed by atoms with Gasteiger partial charge in [0, 0.05) is 9.79 Å². The third-order valence-corrected chi connectivity index (χ3v) is 8.79. The minimum atomic E-state index is -5.01. The van der Waals surface area contributed by atoms with Crippen molar-refractivity contribution < 1.29 is 61.6 Å². The van der Waals surface area contributed by atoms with Crippen molar-refractivity contribution in [1.29, 1.82) is 0 Å². The van der Waals surface area contributed by atoms with Crippen LogP contribution in [0.25, 0.3) is 0 Å². The van der Waals surface area contributed by atoms with E-state index in [1.54, 1.807) is 11.8 Å². The first kappa shape index (κ1) is 40.6. The number of carbonyl (C=O) groups is 2. The van der Waals surface area contributed by atoms with E-state index in [1.165, 1.54) is 9.79 Å². The smallest absolute Gasteiger partial charge is 0.747 e. The average Bonchev–Trinajstić information content (AvgIpc) is 2.97. The van der Waals surface area contributed by atoms with E-state index >= 15 is 0 Å². The molecular formula is C32H47NaO7S2. The SMILES string of the molecule is CCCCC(CC)COC(=O)CC(C(=O)OCC(CC)CCCC)S(=O)(=O)[O-].[Na+].c1ccc(Sc2ccccc2)cc1. The summed E-state index contributed by atoms with van der Waals surface area (Å²) in [7, 11) is -5.01. The fourth-order valence-corrected chi connectivity index (χ4v) is 5.43. The second-order valence-electron chi connectivity index (χ2n) is 10.1. The quantitative estimate of drug-likeness (QED) is 0.133. The van der Waals surface area contributed by atoms with Gasteiger partial charge in [0.25, 0.3) is 0 Å². The maximum atomic E-state index is 12.1. The van der Waals surface area contributed by atoms with Crippen LogP contribution in [0.1, 0.15) is 85.5 Å². The van der Waals surface area contributed by atoms with Crippen LogP contribution in [0.3, 0.4) is 0 Å². The second kappa shape index (κ2) is 24.0. The standard InChI is InChI=1S/C20H38O7S.C12H10S.Na/c1-5-9-11-16(7-3)14-26-19(21)13-18(28(23,24)25)20(22)27-15-17(8-4)12-10-6-2;1-3-7-11(8-4-1)13-12-9-5-2-6-10-12;/h16-18H,5-15H2,1-4H3,(H,23,24,25);1-10H;/q;;+1/p-1. The van der Waals surface area contributed by atoms with Gasteiger partial charge in [-0.1, -0.05) is 114 Å². The first-order chi connectivity index (χ1) is 19.6. The van der Waals surface area contributed by atoms with Crippen molar-refractivity contribution in [2.24, 2.45) is 11.8 Å². The van der Waals surface area contributed by atoms with Crippen LogP contribution < -0.4 is 29.6 Å². The molecule has 0 N–H and O–H groups in total. The molecule has 3 atom stereocenters. The van der Waals surface area contributed by atoms with E-state index < -0.39 is 33.7 Å². The van der Waals surface area contributed by atoms with Crippen LogP contribution in [0.2, 0.25) is 0 Å². The van der Waals surface area contributed by atoms with Gasteiger partial charge in [-0.3, -0.25) is 9.59 Å². The topological polar surface area (TPSA) is 110 Å². The van der Waals surface area contributed by atoms with Crippen LogP contribution in [-0.4, -0.2) is 43.4 Å². The summed E-state index contributed by atoms with van der Waals surface area (Å²) in [6, 6.07) is 20.8. The molecule has 2 aromatic carbocycles. The molecule has 0 fully saturated rings. The van der Waals surface area contributed by atoms with E-state index in [9.17, 15) is 22.6 Å². The summed E-state index contributed by atoms with van der Waals surface area (Å²) in [4.78, 5) is 26.7. The molecule has 10 heteroatoms. The van der Waals surface area contributed by atoms with Gasteiger partial charge in [0.15, 0.2) is 5.25 Å². The Morgan fingerprint density at radius 3 is 1.57 bits per heavy atom. The zero-order valence-electron chi connectivity index (χ0n) is 26.0. The minimum Gasteiger partial charge on any atom is -0.747 e. The molecular weight excluding hydrogens is 583 g/mol. The van der Waals surface area contributed by atoms with Crippen LogP contribution in [0.5, 0.6) is 0 Å². The summed E-state index contributed by atoms with van der Waals surface area (Å²) >= 11 is 1.79. The maximum absolute atomic E-state index is 12.1. The average molecular weight is 631 g/mol. The molecule has 3 unspecified atom stereocenters. The molecule has 0 heterocycles. The molecule has 2 aromatic rings. The first-order valence-corrected chi connectivity index (χ1v) is 17.0. The monoisotopic (exact) mass is 630 g/mol. The first-order valence-electron chi connectivity index (χ1n) is 14.7. The molecule has 0 saturated carbocycles. The second-order valence-corrected chi connectivity index (χ2v) is 12.8. The van der Waals surface area contributed by atoms with Gasteiger partial charge in [-0.05, 0) is 48.9 Å². The van der Waals surface area contributed by atoms with Crippen LogP contribution in [0.4, 0.5) is 0 Å². The minimum absolute atomic E-state index is 0. The molecule has 7 nitrogen and oxygen atoms in total. The molecule has 0 spiro atoms. The Bertz CT molecular complexity index is 1050. The van der Waals surface area contributed by atoms with Gasteiger partial charge in [0.05, 0.1) is 19.6 Å². The number of unbranched alkanes of at least 4 members (excludes halogenated alkanes) is 2. The van der Waals surface area contributed by atoms with Gasteiger partial charge in [0.1, 0.15) is 10.1 Å². The largest absolute Gasteiger partial charge is 1.00 e. The molecule has 2 rings (SSSR count). The van der Waals surface area contributed by atoms with Crippen molar-refractivity contribution in [3.05, 3.63) is 60.7 Å². The third-order valence-electron chi connectivity index (χ3n) is 6.71.